The van der Waals surface area contributed by atoms with Gasteiger partial charge >= 0.3 is 0 Å². The normalized spacial score (nSPS) is 16.4. The monoisotopic (exact) mass is 368 g/mol. The van der Waals surface area contributed by atoms with Crippen LogP contribution in [0.3, 0.4) is 0 Å². The van der Waals surface area contributed by atoms with Gasteiger partial charge in [0.15, 0.2) is 11.5 Å². The van der Waals surface area contributed by atoms with Crippen molar-refractivity contribution in [2.24, 2.45) is 0 Å². The van der Waals surface area contributed by atoms with E-state index in [1.807, 2.05) is 23.1 Å². The minimum atomic E-state index is 0.0562. The second kappa shape index (κ2) is 7.88. The van der Waals surface area contributed by atoms with Crippen molar-refractivity contribution < 1.29 is 19.0 Å². The van der Waals surface area contributed by atoms with E-state index in [9.17, 15) is 4.79 Å². The van der Waals surface area contributed by atoms with E-state index in [-0.39, 0.29) is 12.7 Å². The Morgan fingerprint density at radius 3 is 2.67 bits per heavy atom. The molecule has 142 valence electrons. The van der Waals surface area contributed by atoms with Crippen LogP contribution in [0, 0.1) is 0 Å². The van der Waals surface area contributed by atoms with Gasteiger partial charge in [-0.05, 0) is 42.3 Å². The van der Waals surface area contributed by atoms with Gasteiger partial charge < -0.3 is 19.1 Å². The maximum atomic E-state index is 12.8. The Kier molecular flexibility index (Phi) is 5.16. The van der Waals surface area contributed by atoms with Crippen LogP contribution in [0.2, 0.25) is 0 Å². The molecule has 27 heavy (non-hydrogen) atoms. The van der Waals surface area contributed by atoms with Gasteiger partial charge in [0.25, 0.3) is 5.91 Å². The Bertz CT molecular complexity index is 816. The predicted octanol–water partition coefficient (Wildman–Crippen LogP) is 2.42. The molecular weight excluding hydrogens is 344 g/mol. The molecule has 2 aromatic rings. The van der Waals surface area contributed by atoms with E-state index in [4.69, 9.17) is 14.2 Å². The molecule has 0 saturated carbocycles. The molecular formula is C21H24N2O4. The summed E-state index contributed by atoms with van der Waals surface area (Å²) in [5, 5.41) is 0. The lowest BCUT2D eigenvalue weighted by molar-refractivity contribution is 0.0638. The first-order chi connectivity index (χ1) is 13.2. The third kappa shape index (κ3) is 4.01. The summed E-state index contributed by atoms with van der Waals surface area (Å²) in [4.78, 5) is 17.1. The fraction of sp³-hybridized carbons (Fsp3) is 0.381. The number of hydrogen-bond acceptors (Lipinski definition) is 5. The van der Waals surface area contributed by atoms with E-state index in [0.717, 1.165) is 44.9 Å². The van der Waals surface area contributed by atoms with E-state index in [1.54, 1.807) is 19.2 Å². The van der Waals surface area contributed by atoms with E-state index < -0.39 is 0 Å². The quantitative estimate of drug-likeness (QED) is 0.811. The standard InChI is InChI=1S/C21H24N2O4/c1-25-18-4-2-3-16(13-18)7-8-22-9-11-23(12-10-22)21(24)17-5-6-19-20(14-17)27-15-26-19/h2-6,13-14H,7-12,15H2,1H3. The molecule has 0 N–H and O–H groups in total. The lowest BCUT2D eigenvalue weighted by Crippen LogP contribution is -2.49. The van der Waals surface area contributed by atoms with E-state index in [1.165, 1.54) is 5.56 Å². The Morgan fingerprint density at radius 2 is 1.85 bits per heavy atom. The Morgan fingerprint density at radius 1 is 1.04 bits per heavy atom. The van der Waals surface area contributed by atoms with Gasteiger partial charge in [0.05, 0.1) is 7.11 Å². The molecule has 2 heterocycles. The highest BCUT2D eigenvalue weighted by Crippen LogP contribution is 2.32. The number of carbonyl (C=O) groups is 1. The number of hydrogen-bond donors (Lipinski definition) is 0. The van der Waals surface area contributed by atoms with Crippen LogP contribution in [0.1, 0.15) is 15.9 Å². The third-order valence-corrected chi connectivity index (χ3v) is 5.13. The lowest BCUT2D eigenvalue weighted by Gasteiger charge is -2.34. The number of fused-ring (bicyclic) bond motifs is 1. The van der Waals surface area contributed by atoms with Crippen LogP contribution in [-0.4, -0.2) is 62.3 Å². The van der Waals surface area contributed by atoms with Crippen LogP contribution in [0.4, 0.5) is 0 Å². The number of methoxy groups -OCH3 is 1. The second-order valence-corrected chi connectivity index (χ2v) is 6.80. The van der Waals surface area contributed by atoms with E-state index in [0.29, 0.717) is 17.1 Å². The summed E-state index contributed by atoms with van der Waals surface area (Å²) in [7, 11) is 1.69. The molecule has 2 aliphatic rings. The number of ether oxygens (including phenoxy) is 3. The van der Waals surface area contributed by atoms with Gasteiger partial charge in [-0.2, -0.15) is 0 Å². The van der Waals surface area contributed by atoms with Crippen molar-refractivity contribution in [1.82, 2.24) is 9.80 Å². The van der Waals surface area contributed by atoms with Crippen molar-refractivity contribution in [1.29, 1.82) is 0 Å². The van der Waals surface area contributed by atoms with Crippen LogP contribution in [0.15, 0.2) is 42.5 Å². The molecule has 0 bridgehead atoms. The first-order valence-electron chi connectivity index (χ1n) is 9.27. The maximum absolute atomic E-state index is 12.8. The first kappa shape index (κ1) is 17.7. The Labute approximate surface area is 159 Å². The van der Waals surface area contributed by atoms with Gasteiger partial charge in [-0.1, -0.05) is 12.1 Å². The van der Waals surface area contributed by atoms with Gasteiger partial charge in [-0.15, -0.1) is 0 Å². The molecule has 0 unspecified atom stereocenters. The van der Waals surface area contributed by atoms with Crippen molar-refractivity contribution in [3.05, 3.63) is 53.6 Å². The largest absolute Gasteiger partial charge is 0.497 e. The highest BCUT2D eigenvalue weighted by molar-refractivity contribution is 5.95. The number of rotatable bonds is 5. The predicted molar refractivity (Wildman–Crippen MR) is 102 cm³/mol. The molecule has 4 rings (SSSR count). The summed E-state index contributed by atoms with van der Waals surface area (Å²) >= 11 is 0. The molecule has 0 atom stereocenters. The number of benzene rings is 2. The average Bonchev–Trinajstić information content (AvgIpc) is 3.20. The molecule has 0 spiro atoms. The average molecular weight is 368 g/mol. The van der Waals surface area contributed by atoms with Crippen molar-refractivity contribution >= 4 is 5.91 Å². The zero-order valence-corrected chi connectivity index (χ0v) is 15.5. The molecule has 2 aliphatic heterocycles. The van der Waals surface area contributed by atoms with Crippen molar-refractivity contribution in [2.45, 2.75) is 6.42 Å². The third-order valence-electron chi connectivity index (χ3n) is 5.13. The van der Waals surface area contributed by atoms with Crippen LogP contribution in [0.5, 0.6) is 17.2 Å². The zero-order valence-electron chi connectivity index (χ0n) is 15.5. The fourth-order valence-corrected chi connectivity index (χ4v) is 3.50. The minimum Gasteiger partial charge on any atom is -0.497 e. The van der Waals surface area contributed by atoms with Gasteiger partial charge in [-0.3, -0.25) is 9.69 Å². The summed E-state index contributed by atoms with van der Waals surface area (Å²) < 4.78 is 16.0. The Hall–Kier alpha value is -2.73. The summed E-state index contributed by atoms with van der Waals surface area (Å²) in [6.45, 7) is 4.47. The first-order valence-corrected chi connectivity index (χ1v) is 9.27. The zero-order chi connectivity index (χ0) is 18.6. The van der Waals surface area contributed by atoms with Gasteiger partial charge in [0, 0.05) is 38.3 Å². The number of amides is 1. The second-order valence-electron chi connectivity index (χ2n) is 6.80. The van der Waals surface area contributed by atoms with Crippen molar-refractivity contribution in [3.63, 3.8) is 0 Å². The topological polar surface area (TPSA) is 51.2 Å². The van der Waals surface area contributed by atoms with Crippen molar-refractivity contribution in [2.75, 3.05) is 46.6 Å². The minimum absolute atomic E-state index is 0.0562. The van der Waals surface area contributed by atoms with Crippen LogP contribution < -0.4 is 14.2 Å². The lowest BCUT2D eigenvalue weighted by atomic mass is 10.1. The van der Waals surface area contributed by atoms with Gasteiger partial charge in [-0.25, -0.2) is 0 Å². The highest BCUT2D eigenvalue weighted by atomic mass is 16.7. The highest BCUT2D eigenvalue weighted by Gasteiger charge is 2.24. The number of nitrogens with zero attached hydrogens (tertiary/aromatic N) is 2. The molecule has 0 aliphatic carbocycles. The van der Waals surface area contributed by atoms with E-state index >= 15 is 0 Å². The van der Waals surface area contributed by atoms with Crippen LogP contribution in [0.25, 0.3) is 0 Å². The molecule has 0 aromatic heterocycles. The maximum Gasteiger partial charge on any atom is 0.254 e. The van der Waals surface area contributed by atoms with Crippen LogP contribution >= 0.6 is 0 Å². The SMILES string of the molecule is COc1cccc(CCN2CCN(C(=O)c3ccc4c(c3)OCO4)CC2)c1. The number of piperazine rings is 1. The fourth-order valence-electron chi connectivity index (χ4n) is 3.50. The smallest absolute Gasteiger partial charge is 0.254 e. The summed E-state index contributed by atoms with van der Waals surface area (Å²) in [5.41, 5.74) is 1.93. The summed E-state index contributed by atoms with van der Waals surface area (Å²) in [6, 6.07) is 13.6. The Balaban J connectivity index is 1.29. The molecule has 0 radical (unpaired) electrons. The molecule has 1 amide bonds. The van der Waals surface area contributed by atoms with Crippen molar-refractivity contribution in [3.8, 4) is 17.2 Å². The van der Waals surface area contributed by atoms with E-state index in [2.05, 4.69) is 17.0 Å². The molecule has 2 aromatic carbocycles. The molecule has 6 nitrogen and oxygen atoms in total. The molecule has 1 fully saturated rings. The number of carbonyl (C=O) groups excluding carboxylic acids is 1. The van der Waals surface area contributed by atoms with Gasteiger partial charge in [0.2, 0.25) is 6.79 Å². The summed E-state index contributed by atoms with van der Waals surface area (Å²) in [5.74, 6) is 2.30. The van der Waals surface area contributed by atoms with Gasteiger partial charge in [0.1, 0.15) is 5.75 Å². The molecule has 6 heteroatoms. The summed E-state index contributed by atoms with van der Waals surface area (Å²) in [6.07, 6.45) is 0.979. The van der Waals surface area contributed by atoms with Crippen LogP contribution in [-0.2, 0) is 6.42 Å². The molecule has 1 saturated heterocycles.